The van der Waals surface area contributed by atoms with Gasteiger partial charge in [0.1, 0.15) is 0 Å². The molecule has 29 heavy (non-hydrogen) atoms. The molecule has 2 heterocycles. The van der Waals surface area contributed by atoms with Crippen molar-refractivity contribution in [1.82, 2.24) is 20.0 Å². The van der Waals surface area contributed by atoms with Gasteiger partial charge < -0.3 is 10.4 Å². The van der Waals surface area contributed by atoms with Crippen molar-refractivity contribution in [3.8, 4) is 0 Å². The number of aryl methyl sites for hydroxylation is 1. The van der Waals surface area contributed by atoms with Crippen LogP contribution in [0.1, 0.15) is 29.3 Å². The number of nitrogens with zero attached hydrogens (tertiary/aromatic N) is 3. The Kier molecular flexibility index (Phi) is 7.38. The number of fused-ring (bicyclic) bond motifs is 1. The number of hydrogen-bond donors (Lipinski definition) is 2. The van der Waals surface area contributed by atoms with Crippen LogP contribution in [0.5, 0.6) is 0 Å². The van der Waals surface area contributed by atoms with E-state index in [2.05, 4.69) is 46.5 Å². The molecule has 10 heteroatoms. The fraction of sp³-hybridized carbons (Fsp3) is 0.421. The van der Waals surface area contributed by atoms with Crippen LogP contribution in [-0.4, -0.2) is 51.4 Å². The summed E-state index contributed by atoms with van der Waals surface area (Å²) in [5.74, 6) is -2.70. The number of carbonyl (C=O) groups is 2. The molecule has 1 atom stereocenters. The highest BCUT2D eigenvalue weighted by molar-refractivity contribution is 5.76. The van der Waals surface area contributed by atoms with E-state index in [9.17, 15) is 18.0 Å². The van der Waals surface area contributed by atoms with Gasteiger partial charge in [-0.2, -0.15) is 18.3 Å². The quantitative estimate of drug-likeness (QED) is 0.806. The van der Waals surface area contributed by atoms with Crippen LogP contribution >= 0.6 is 0 Å². The summed E-state index contributed by atoms with van der Waals surface area (Å²) in [6.45, 7) is 4.71. The number of carbonyl (C=O) groups excluding carboxylic acids is 1. The second-order valence-corrected chi connectivity index (χ2v) is 6.76. The first-order valence-corrected chi connectivity index (χ1v) is 8.91. The molecule has 158 valence electrons. The number of rotatable bonds is 4. The van der Waals surface area contributed by atoms with Gasteiger partial charge in [0.05, 0.1) is 18.2 Å². The van der Waals surface area contributed by atoms with Crippen molar-refractivity contribution in [2.24, 2.45) is 0 Å². The Morgan fingerprint density at radius 1 is 1.24 bits per heavy atom. The third kappa shape index (κ3) is 6.60. The van der Waals surface area contributed by atoms with Crippen LogP contribution in [0.2, 0.25) is 0 Å². The van der Waals surface area contributed by atoms with Gasteiger partial charge in [-0.3, -0.25) is 14.4 Å². The number of carboxylic acid groups (broad SMARTS) is 1. The first kappa shape index (κ1) is 22.4. The monoisotopic (exact) mass is 412 g/mol. The summed E-state index contributed by atoms with van der Waals surface area (Å²) in [6, 6.07) is 10.8. The lowest BCUT2D eigenvalue weighted by molar-refractivity contribution is -0.192. The molecule has 1 aliphatic rings. The summed E-state index contributed by atoms with van der Waals surface area (Å²) in [7, 11) is 1.68. The minimum absolute atomic E-state index is 0.0589. The highest BCUT2D eigenvalue weighted by atomic mass is 19.4. The fourth-order valence-electron chi connectivity index (χ4n) is 3.00. The van der Waals surface area contributed by atoms with E-state index in [0.29, 0.717) is 6.42 Å². The number of aromatic nitrogens is 2. The van der Waals surface area contributed by atoms with Crippen LogP contribution in [0.15, 0.2) is 36.5 Å². The molecule has 0 bridgehead atoms. The van der Waals surface area contributed by atoms with Crippen LogP contribution in [0, 0.1) is 6.92 Å². The summed E-state index contributed by atoms with van der Waals surface area (Å²) >= 11 is 0. The summed E-state index contributed by atoms with van der Waals surface area (Å²) in [5.41, 5.74) is 3.75. The predicted octanol–water partition coefficient (Wildman–Crippen LogP) is 2.52. The zero-order valence-electron chi connectivity index (χ0n) is 16.1. The Balaban J connectivity index is 0.000000370. The first-order chi connectivity index (χ1) is 13.6. The largest absolute Gasteiger partial charge is 0.490 e. The molecule has 0 spiro atoms. The van der Waals surface area contributed by atoms with E-state index in [4.69, 9.17) is 9.90 Å². The Labute approximate surface area is 166 Å². The van der Waals surface area contributed by atoms with Crippen molar-refractivity contribution in [2.45, 2.75) is 38.7 Å². The summed E-state index contributed by atoms with van der Waals surface area (Å²) in [5, 5.41) is 14.2. The lowest BCUT2D eigenvalue weighted by Gasteiger charge is -2.33. The topological polar surface area (TPSA) is 87.5 Å². The standard InChI is InChI=1S/C17H22N4O.C2HF3O2/c1-13-3-5-14(6-4-13)10-20-11-15-7-8-19-21(15)16(12-20)9-17(22)18-2;3-2(4,5)1(6)7/h3-8,16H,9-12H2,1-2H3,(H,18,22);(H,6,7). The molecule has 3 rings (SSSR count). The second-order valence-electron chi connectivity index (χ2n) is 6.76. The van der Waals surface area contributed by atoms with E-state index in [1.54, 1.807) is 7.05 Å². The van der Waals surface area contributed by atoms with E-state index in [1.165, 1.54) is 16.8 Å². The molecule has 1 amide bonds. The first-order valence-electron chi connectivity index (χ1n) is 8.91. The van der Waals surface area contributed by atoms with Crippen molar-refractivity contribution in [2.75, 3.05) is 13.6 Å². The Bertz CT molecular complexity index is 834. The minimum Gasteiger partial charge on any atom is -0.475 e. The van der Waals surface area contributed by atoms with Gasteiger partial charge in [0, 0.05) is 32.9 Å². The molecule has 0 saturated heterocycles. The average molecular weight is 412 g/mol. The zero-order chi connectivity index (χ0) is 21.6. The number of carboxylic acids is 1. The maximum atomic E-state index is 11.7. The lowest BCUT2D eigenvalue weighted by Crippen LogP contribution is -2.39. The molecule has 1 aromatic heterocycles. The second kappa shape index (κ2) is 9.55. The number of nitrogens with one attached hydrogen (secondary N) is 1. The third-order valence-electron chi connectivity index (χ3n) is 4.42. The highest BCUT2D eigenvalue weighted by Crippen LogP contribution is 2.24. The maximum Gasteiger partial charge on any atom is 0.490 e. The zero-order valence-corrected chi connectivity index (χ0v) is 16.1. The molecular formula is C19H23F3N4O3. The molecular weight excluding hydrogens is 389 g/mol. The summed E-state index contributed by atoms with van der Waals surface area (Å²) < 4.78 is 33.7. The van der Waals surface area contributed by atoms with Gasteiger partial charge in [-0.25, -0.2) is 4.79 Å². The predicted molar refractivity (Wildman–Crippen MR) is 98.9 cm³/mol. The molecule has 7 nitrogen and oxygen atoms in total. The van der Waals surface area contributed by atoms with Gasteiger partial charge in [-0.1, -0.05) is 29.8 Å². The van der Waals surface area contributed by atoms with Crippen LogP contribution < -0.4 is 5.32 Å². The smallest absolute Gasteiger partial charge is 0.475 e. The molecule has 2 N–H and O–H groups in total. The Morgan fingerprint density at radius 2 is 1.86 bits per heavy atom. The number of amides is 1. The van der Waals surface area contributed by atoms with E-state index in [-0.39, 0.29) is 11.9 Å². The van der Waals surface area contributed by atoms with Crippen molar-refractivity contribution in [3.05, 3.63) is 53.3 Å². The Morgan fingerprint density at radius 3 is 2.41 bits per heavy atom. The number of hydrogen-bond acceptors (Lipinski definition) is 4. The molecule has 0 radical (unpaired) electrons. The highest BCUT2D eigenvalue weighted by Gasteiger charge is 2.38. The number of halogens is 3. The molecule has 1 aliphatic heterocycles. The molecule has 1 aromatic carbocycles. The average Bonchev–Trinajstić information content (AvgIpc) is 3.12. The van der Waals surface area contributed by atoms with Crippen molar-refractivity contribution < 1.29 is 27.9 Å². The van der Waals surface area contributed by atoms with Crippen LogP contribution in [0.25, 0.3) is 0 Å². The van der Waals surface area contributed by atoms with E-state index >= 15 is 0 Å². The molecule has 1 unspecified atom stereocenters. The summed E-state index contributed by atoms with van der Waals surface area (Å²) in [6.07, 6.45) is -2.79. The van der Waals surface area contributed by atoms with Gasteiger partial charge in [0.25, 0.3) is 0 Å². The van der Waals surface area contributed by atoms with Gasteiger partial charge in [0.15, 0.2) is 0 Å². The van der Waals surface area contributed by atoms with Gasteiger partial charge in [-0.15, -0.1) is 0 Å². The van der Waals surface area contributed by atoms with Crippen molar-refractivity contribution >= 4 is 11.9 Å². The summed E-state index contributed by atoms with van der Waals surface area (Å²) in [4.78, 5) is 23.0. The van der Waals surface area contributed by atoms with Crippen LogP contribution in [0.3, 0.4) is 0 Å². The number of benzene rings is 1. The van der Waals surface area contributed by atoms with Crippen molar-refractivity contribution in [3.63, 3.8) is 0 Å². The van der Waals surface area contributed by atoms with Crippen LogP contribution in [-0.2, 0) is 22.7 Å². The number of aliphatic carboxylic acids is 1. The fourth-order valence-corrected chi connectivity index (χ4v) is 3.00. The molecule has 0 aliphatic carbocycles. The number of alkyl halides is 3. The molecule has 0 saturated carbocycles. The van der Waals surface area contributed by atoms with Crippen LogP contribution in [0.4, 0.5) is 13.2 Å². The molecule has 0 fully saturated rings. The van der Waals surface area contributed by atoms with E-state index in [1.807, 2.05) is 16.9 Å². The SMILES string of the molecule is CNC(=O)CC1CN(Cc2ccc(C)cc2)Cc2ccnn21.O=C(O)C(F)(F)F. The minimum atomic E-state index is -5.08. The van der Waals surface area contributed by atoms with Gasteiger partial charge in [0.2, 0.25) is 5.91 Å². The van der Waals surface area contributed by atoms with Gasteiger partial charge in [-0.05, 0) is 18.6 Å². The van der Waals surface area contributed by atoms with Gasteiger partial charge >= 0.3 is 12.1 Å². The Hall–Kier alpha value is -2.88. The van der Waals surface area contributed by atoms with Crippen molar-refractivity contribution in [1.29, 1.82) is 0 Å². The lowest BCUT2D eigenvalue weighted by atomic mass is 10.1. The molecule has 2 aromatic rings. The van der Waals surface area contributed by atoms with E-state index in [0.717, 1.165) is 19.6 Å². The normalized spacial score (nSPS) is 16.4. The third-order valence-corrected chi connectivity index (χ3v) is 4.42. The maximum absolute atomic E-state index is 11.7. The van der Waals surface area contributed by atoms with E-state index < -0.39 is 12.1 Å².